The molecule has 0 aromatic heterocycles. The van der Waals surface area contributed by atoms with Gasteiger partial charge in [0.2, 0.25) is 0 Å². The van der Waals surface area contributed by atoms with Gasteiger partial charge in [0.05, 0.1) is 6.61 Å². The number of hydrogen-bond acceptors (Lipinski definition) is 2. The van der Waals surface area contributed by atoms with Crippen molar-refractivity contribution >= 4 is 12.4 Å². The van der Waals surface area contributed by atoms with Gasteiger partial charge in [-0.1, -0.05) is 24.3 Å². The minimum absolute atomic E-state index is 0. The molecular formula is C11H14ClNO. The van der Waals surface area contributed by atoms with Crippen LogP contribution in [0.25, 0.3) is 0 Å². The molecule has 0 aromatic rings. The Morgan fingerprint density at radius 1 is 1.36 bits per heavy atom. The summed E-state index contributed by atoms with van der Waals surface area (Å²) in [4.78, 5) is 2.36. The summed E-state index contributed by atoms with van der Waals surface area (Å²) < 4.78 is 5.45. The zero-order valence-electron chi connectivity index (χ0n) is 7.98. The molecule has 1 unspecified atom stereocenters. The Morgan fingerprint density at radius 2 is 2.29 bits per heavy atom. The van der Waals surface area contributed by atoms with Crippen LogP contribution in [0.5, 0.6) is 0 Å². The highest BCUT2D eigenvalue weighted by molar-refractivity contribution is 5.85. The Bertz CT molecular complexity index is 319. The average Bonchev–Trinajstić information content (AvgIpc) is 2.65. The van der Waals surface area contributed by atoms with Crippen molar-refractivity contribution < 1.29 is 4.74 Å². The van der Waals surface area contributed by atoms with E-state index in [0.717, 1.165) is 19.9 Å². The lowest BCUT2D eigenvalue weighted by Gasteiger charge is -2.31. The molecule has 1 aliphatic carbocycles. The molecule has 1 atom stereocenters. The Morgan fingerprint density at radius 3 is 3.21 bits per heavy atom. The third kappa shape index (κ3) is 1.39. The topological polar surface area (TPSA) is 12.5 Å². The van der Waals surface area contributed by atoms with E-state index in [1.807, 2.05) is 0 Å². The summed E-state index contributed by atoms with van der Waals surface area (Å²) in [5, 5.41) is 0. The van der Waals surface area contributed by atoms with Gasteiger partial charge in [0.15, 0.2) is 0 Å². The summed E-state index contributed by atoms with van der Waals surface area (Å²) in [7, 11) is 0. The lowest BCUT2D eigenvalue weighted by Crippen LogP contribution is -2.29. The quantitative estimate of drug-likeness (QED) is 0.609. The maximum Gasteiger partial charge on any atom is 0.119 e. The number of ether oxygens (including phenoxy) is 1. The van der Waals surface area contributed by atoms with Crippen LogP contribution >= 0.6 is 12.4 Å². The highest BCUT2D eigenvalue weighted by atomic mass is 35.5. The minimum atomic E-state index is 0. The number of allylic oxidation sites excluding steroid dienone is 5. The Hall–Kier alpha value is -0.730. The summed E-state index contributed by atoms with van der Waals surface area (Å²) in [6.07, 6.45) is 10.1. The molecule has 3 heteroatoms. The smallest absolute Gasteiger partial charge is 0.119 e. The Labute approximate surface area is 90.3 Å². The fourth-order valence-electron chi connectivity index (χ4n) is 2.33. The number of fused-ring (bicyclic) bond motifs is 2. The van der Waals surface area contributed by atoms with Crippen molar-refractivity contribution in [2.24, 2.45) is 5.92 Å². The maximum atomic E-state index is 5.45. The highest BCUT2D eigenvalue weighted by Gasteiger charge is 2.29. The summed E-state index contributed by atoms with van der Waals surface area (Å²) >= 11 is 0. The molecule has 0 spiro atoms. The van der Waals surface area contributed by atoms with Crippen LogP contribution < -0.4 is 0 Å². The van der Waals surface area contributed by atoms with E-state index in [0.29, 0.717) is 5.92 Å². The van der Waals surface area contributed by atoms with E-state index in [2.05, 4.69) is 29.2 Å². The van der Waals surface area contributed by atoms with Gasteiger partial charge in [0.1, 0.15) is 6.73 Å². The fourth-order valence-corrected chi connectivity index (χ4v) is 2.33. The van der Waals surface area contributed by atoms with E-state index >= 15 is 0 Å². The van der Waals surface area contributed by atoms with Crippen LogP contribution in [-0.2, 0) is 4.74 Å². The van der Waals surface area contributed by atoms with Gasteiger partial charge in [-0.05, 0) is 12.0 Å². The molecule has 76 valence electrons. The third-order valence-electron chi connectivity index (χ3n) is 3.04. The molecule has 0 saturated carbocycles. The van der Waals surface area contributed by atoms with Crippen LogP contribution in [0.3, 0.4) is 0 Å². The van der Waals surface area contributed by atoms with Crippen molar-refractivity contribution in [2.75, 3.05) is 19.9 Å². The lowest BCUT2D eigenvalue weighted by molar-refractivity contribution is 0.139. The molecule has 14 heavy (non-hydrogen) atoms. The Kier molecular flexibility index (Phi) is 2.66. The normalized spacial score (nSPS) is 28.6. The molecule has 1 fully saturated rings. The summed E-state index contributed by atoms with van der Waals surface area (Å²) in [6.45, 7) is 2.76. The molecule has 3 aliphatic rings. The first-order valence-corrected chi connectivity index (χ1v) is 4.86. The van der Waals surface area contributed by atoms with Crippen molar-refractivity contribution in [3.63, 3.8) is 0 Å². The van der Waals surface area contributed by atoms with E-state index in [4.69, 9.17) is 4.74 Å². The van der Waals surface area contributed by atoms with Crippen molar-refractivity contribution in [1.29, 1.82) is 0 Å². The molecule has 0 N–H and O–H groups in total. The van der Waals surface area contributed by atoms with Crippen LogP contribution in [0.1, 0.15) is 6.42 Å². The van der Waals surface area contributed by atoms with Gasteiger partial charge in [-0.2, -0.15) is 0 Å². The molecule has 3 rings (SSSR count). The summed E-state index contributed by atoms with van der Waals surface area (Å²) in [5.41, 5.74) is 2.89. The largest absolute Gasteiger partial charge is 0.355 e. The van der Waals surface area contributed by atoms with E-state index in [1.165, 1.54) is 17.7 Å². The van der Waals surface area contributed by atoms with Gasteiger partial charge in [0.25, 0.3) is 0 Å². The van der Waals surface area contributed by atoms with Crippen molar-refractivity contribution in [1.82, 2.24) is 4.90 Å². The van der Waals surface area contributed by atoms with Gasteiger partial charge < -0.3 is 9.64 Å². The van der Waals surface area contributed by atoms with Crippen LogP contribution in [0.2, 0.25) is 0 Å². The third-order valence-corrected chi connectivity index (χ3v) is 3.04. The van der Waals surface area contributed by atoms with E-state index < -0.39 is 0 Å². The van der Waals surface area contributed by atoms with E-state index in [-0.39, 0.29) is 12.4 Å². The highest BCUT2D eigenvalue weighted by Crippen LogP contribution is 2.33. The van der Waals surface area contributed by atoms with Crippen molar-refractivity contribution in [3.8, 4) is 0 Å². The van der Waals surface area contributed by atoms with Crippen molar-refractivity contribution in [3.05, 3.63) is 35.6 Å². The molecule has 2 heterocycles. The van der Waals surface area contributed by atoms with E-state index in [9.17, 15) is 0 Å². The van der Waals surface area contributed by atoms with Crippen molar-refractivity contribution in [2.45, 2.75) is 6.42 Å². The number of hydrogen-bond donors (Lipinski definition) is 0. The molecule has 0 bridgehead atoms. The standard InChI is InChI=1S/C11H13NO.ClH/c1-2-4-10-9(3-1)5-6-12-8-13-7-11(10)12;/h1-4,9H,5-8H2;1H. The second-order valence-electron chi connectivity index (χ2n) is 3.78. The van der Waals surface area contributed by atoms with Gasteiger partial charge >= 0.3 is 0 Å². The first-order valence-electron chi connectivity index (χ1n) is 4.86. The number of halogens is 1. The SMILES string of the molecule is C1=CC2=C3COCN3CCC2C=C1.Cl. The first kappa shape index (κ1) is 9.81. The van der Waals surface area contributed by atoms with E-state index in [1.54, 1.807) is 0 Å². The second kappa shape index (κ2) is 3.79. The van der Waals surface area contributed by atoms with Gasteiger partial charge in [-0.3, -0.25) is 0 Å². The number of nitrogens with zero attached hydrogens (tertiary/aromatic N) is 1. The van der Waals surface area contributed by atoms with Crippen LogP contribution in [0.15, 0.2) is 35.6 Å². The van der Waals surface area contributed by atoms with Crippen LogP contribution in [0, 0.1) is 5.92 Å². The van der Waals surface area contributed by atoms with Crippen LogP contribution in [0.4, 0.5) is 0 Å². The molecule has 2 nitrogen and oxygen atoms in total. The van der Waals surface area contributed by atoms with Crippen LogP contribution in [-0.4, -0.2) is 24.8 Å². The molecule has 0 aromatic carbocycles. The maximum absolute atomic E-state index is 5.45. The number of rotatable bonds is 0. The van der Waals surface area contributed by atoms with Gasteiger partial charge in [-0.15, -0.1) is 12.4 Å². The molecule has 2 aliphatic heterocycles. The zero-order chi connectivity index (χ0) is 8.67. The first-order chi connectivity index (χ1) is 6.45. The predicted molar refractivity (Wildman–Crippen MR) is 58.2 cm³/mol. The molecular weight excluding hydrogens is 198 g/mol. The fraction of sp³-hybridized carbons (Fsp3) is 0.455. The van der Waals surface area contributed by atoms with Gasteiger partial charge in [-0.25, -0.2) is 0 Å². The summed E-state index contributed by atoms with van der Waals surface area (Å²) in [6, 6.07) is 0. The molecule has 0 amide bonds. The average molecular weight is 212 g/mol. The van der Waals surface area contributed by atoms with Gasteiger partial charge in [0, 0.05) is 18.2 Å². The zero-order valence-corrected chi connectivity index (χ0v) is 8.80. The molecule has 1 saturated heterocycles. The summed E-state index contributed by atoms with van der Waals surface area (Å²) in [5.74, 6) is 0.651. The minimum Gasteiger partial charge on any atom is -0.355 e. The predicted octanol–water partition coefficient (Wildman–Crippen LogP) is 2.10. The second-order valence-corrected chi connectivity index (χ2v) is 3.78. The molecule has 0 radical (unpaired) electrons. The monoisotopic (exact) mass is 211 g/mol. The Balaban J connectivity index is 0.000000750. The lowest BCUT2D eigenvalue weighted by atomic mass is 9.87.